The van der Waals surface area contributed by atoms with Gasteiger partial charge in [0.15, 0.2) is 0 Å². The zero-order chi connectivity index (χ0) is 14.5. The Bertz CT molecular complexity index is 449. The number of halogens is 3. The summed E-state index contributed by atoms with van der Waals surface area (Å²) >= 11 is 1.28. The smallest absolute Gasteiger partial charge is 0.389 e. The number of carboxylic acids is 1. The van der Waals surface area contributed by atoms with Crippen molar-refractivity contribution in [2.24, 2.45) is 0 Å². The van der Waals surface area contributed by atoms with Crippen LogP contribution in [0.3, 0.4) is 0 Å². The molecule has 0 aliphatic carbocycles. The molecule has 0 aliphatic rings. The number of aromatic carboxylic acids is 1. The van der Waals surface area contributed by atoms with Crippen LogP contribution < -0.4 is 5.32 Å². The molecule has 0 spiro atoms. The second-order valence-corrected chi connectivity index (χ2v) is 4.68. The van der Waals surface area contributed by atoms with E-state index in [9.17, 15) is 18.0 Å². The fraction of sp³-hybridized carbons (Fsp3) is 0.417. The Kier molecular flexibility index (Phi) is 5.53. The van der Waals surface area contributed by atoms with E-state index in [1.807, 2.05) is 0 Å². The van der Waals surface area contributed by atoms with E-state index >= 15 is 0 Å². The van der Waals surface area contributed by atoms with Gasteiger partial charge >= 0.3 is 12.1 Å². The molecule has 0 bridgehead atoms. The summed E-state index contributed by atoms with van der Waals surface area (Å²) in [5.41, 5.74) is 0.448. The maximum atomic E-state index is 12.0. The molecule has 0 amide bonds. The van der Waals surface area contributed by atoms with Crippen LogP contribution in [0.4, 0.5) is 18.9 Å². The van der Waals surface area contributed by atoms with Crippen molar-refractivity contribution in [1.29, 1.82) is 0 Å². The molecule has 106 valence electrons. The zero-order valence-electron chi connectivity index (χ0n) is 10.3. The molecule has 0 aromatic heterocycles. The topological polar surface area (TPSA) is 49.3 Å². The Morgan fingerprint density at radius 2 is 2.11 bits per heavy atom. The first-order valence-electron chi connectivity index (χ1n) is 5.56. The molecule has 0 saturated heterocycles. The van der Waals surface area contributed by atoms with Crippen molar-refractivity contribution in [1.82, 2.24) is 0 Å². The first kappa shape index (κ1) is 15.7. The molecule has 0 fully saturated rings. The Hall–Kier alpha value is -1.37. The fourth-order valence-corrected chi connectivity index (χ4v) is 2.20. The molecule has 1 aromatic rings. The molecular formula is C12H14F3NO2S. The number of alkyl halides is 3. The first-order chi connectivity index (χ1) is 8.85. The molecule has 7 heteroatoms. The van der Waals surface area contributed by atoms with Gasteiger partial charge in [-0.05, 0) is 24.8 Å². The third-order valence-corrected chi connectivity index (χ3v) is 3.19. The zero-order valence-corrected chi connectivity index (χ0v) is 11.1. The van der Waals surface area contributed by atoms with Crippen molar-refractivity contribution < 1.29 is 23.1 Å². The third kappa shape index (κ3) is 5.02. The number of carbonyl (C=O) groups is 1. The lowest BCUT2D eigenvalue weighted by atomic mass is 10.1. The molecule has 1 rings (SSSR count). The SMILES string of the molecule is CSc1cccc(NCCCC(F)(F)F)c1C(=O)O. The minimum absolute atomic E-state index is 0.0810. The van der Waals surface area contributed by atoms with Crippen LogP contribution >= 0.6 is 11.8 Å². The normalized spacial score (nSPS) is 11.4. The molecular weight excluding hydrogens is 279 g/mol. The molecule has 0 atom stereocenters. The van der Waals surface area contributed by atoms with E-state index in [0.717, 1.165) is 0 Å². The number of nitrogens with one attached hydrogen (secondary N) is 1. The molecule has 1 aromatic carbocycles. The van der Waals surface area contributed by atoms with Crippen LogP contribution in [0.2, 0.25) is 0 Å². The maximum absolute atomic E-state index is 12.0. The van der Waals surface area contributed by atoms with Crippen LogP contribution in [-0.2, 0) is 0 Å². The number of benzene rings is 1. The largest absolute Gasteiger partial charge is 0.478 e. The number of hydrogen-bond donors (Lipinski definition) is 2. The summed E-state index contributed by atoms with van der Waals surface area (Å²) in [6.07, 6.45) is -3.41. The quantitative estimate of drug-likeness (QED) is 0.617. The second-order valence-electron chi connectivity index (χ2n) is 3.83. The van der Waals surface area contributed by atoms with Gasteiger partial charge in [-0.15, -0.1) is 11.8 Å². The van der Waals surface area contributed by atoms with Crippen LogP contribution in [-0.4, -0.2) is 30.1 Å². The van der Waals surface area contributed by atoms with Crippen molar-refractivity contribution in [3.8, 4) is 0 Å². The van der Waals surface area contributed by atoms with Crippen LogP contribution in [0.5, 0.6) is 0 Å². The molecule has 0 radical (unpaired) electrons. The summed E-state index contributed by atoms with van der Waals surface area (Å²) in [6, 6.07) is 4.89. The molecule has 3 nitrogen and oxygen atoms in total. The number of hydrogen-bond acceptors (Lipinski definition) is 3. The van der Waals surface area contributed by atoms with Gasteiger partial charge in [-0.2, -0.15) is 13.2 Å². The Morgan fingerprint density at radius 1 is 1.42 bits per heavy atom. The van der Waals surface area contributed by atoms with E-state index in [1.165, 1.54) is 11.8 Å². The van der Waals surface area contributed by atoms with Crippen LogP contribution in [0, 0.1) is 0 Å². The van der Waals surface area contributed by atoms with E-state index in [4.69, 9.17) is 5.11 Å². The highest BCUT2D eigenvalue weighted by atomic mass is 32.2. The van der Waals surface area contributed by atoms with Crippen molar-refractivity contribution in [3.05, 3.63) is 23.8 Å². The summed E-state index contributed by atoms with van der Waals surface area (Å²) in [5.74, 6) is -1.09. The van der Waals surface area contributed by atoms with Gasteiger partial charge in [0.1, 0.15) is 0 Å². The Morgan fingerprint density at radius 3 is 2.63 bits per heavy atom. The lowest BCUT2D eigenvalue weighted by molar-refractivity contribution is -0.134. The van der Waals surface area contributed by atoms with Gasteiger partial charge in [-0.25, -0.2) is 4.79 Å². The van der Waals surface area contributed by atoms with Gasteiger partial charge in [-0.3, -0.25) is 0 Å². The molecule has 0 aliphatic heterocycles. The minimum Gasteiger partial charge on any atom is -0.478 e. The standard InChI is InChI=1S/C12H14F3NO2S/c1-19-9-5-2-4-8(10(9)11(17)18)16-7-3-6-12(13,14)15/h2,4-5,16H,3,6-7H2,1H3,(H,17,18). The lowest BCUT2D eigenvalue weighted by Crippen LogP contribution is -2.13. The number of carboxylic acid groups (broad SMARTS) is 1. The van der Waals surface area contributed by atoms with E-state index in [0.29, 0.717) is 10.6 Å². The molecule has 2 N–H and O–H groups in total. The highest BCUT2D eigenvalue weighted by molar-refractivity contribution is 7.98. The van der Waals surface area contributed by atoms with Gasteiger partial charge in [0, 0.05) is 23.5 Å². The van der Waals surface area contributed by atoms with Crippen LogP contribution in [0.1, 0.15) is 23.2 Å². The number of rotatable bonds is 6. The van der Waals surface area contributed by atoms with Crippen molar-refractivity contribution in [2.75, 3.05) is 18.1 Å². The fourth-order valence-electron chi connectivity index (χ4n) is 1.58. The first-order valence-corrected chi connectivity index (χ1v) is 6.78. The highest BCUT2D eigenvalue weighted by Gasteiger charge is 2.26. The average molecular weight is 293 g/mol. The molecule has 0 heterocycles. The van der Waals surface area contributed by atoms with Gasteiger partial charge in [0.25, 0.3) is 0 Å². The van der Waals surface area contributed by atoms with Gasteiger partial charge < -0.3 is 10.4 Å². The van der Waals surface area contributed by atoms with Crippen molar-refractivity contribution in [3.63, 3.8) is 0 Å². The van der Waals surface area contributed by atoms with Crippen LogP contribution in [0.15, 0.2) is 23.1 Å². The minimum atomic E-state index is -4.18. The highest BCUT2D eigenvalue weighted by Crippen LogP contribution is 2.27. The van der Waals surface area contributed by atoms with Gasteiger partial charge in [0.05, 0.1) is 5.56 Å². The Labute approximate surface area is 113 Å². The summed E-state index contributed by atoms with van der Waals surface area (Å²) < 4.78 is 35.9. The predicted octanol–water partition coefficient (Wildman–Crippen LogP) is 3.86. The molecule has 0 unspecified atom stereocenters. The maximum Gasteiger partial charge on any atom is 0.389 e. The van der Waals surface area contributed by atoms with Crippen molar-refractivity contribution >= 4 is 23.4 Å². The van der Waals surface area contributed by atoms with Crippen molar-refractivity contribution in [2.45, 2.75) is 23.9 Å². The van der Waals surface area contributed by atoms with Gasteiger partial charge in [-0.1, -0.05) is 6.07 Å². The predicted molar refractivity (Wildman–Crippen MR) is 69.0 cm³/mol. The molecule has 19 heavy (non-hydrogen) atoms. The van der Waals surface area contributed by atoms with Crippen LogP contribution in [0.25, 0.3) is 0 Å². The van der Waals surface area contributed by atoms with E-state index in [2.05, 4.69) is 5.32 Å². The van der Waals surface area contributed by atoms with E-state index < -0.39 is 18.6 Å². The lowest BCUT2D eigenvalue weighted by Gasteiger charge is -2.12. The average Bonchev–Trinajstić information content (AvgIpc) is 2.32. The second kappa shape index (κ2) is 6.70. The van der Waals surface area contributed by atoms with E-state index in [1.54, 1.807) is 24.5 Å². The summed E-state index contributed by atoms with van der Waals surface area (Å²) in [6.45, 7) is 0.0810. The Balaban J connectivity index is 2.70. The summed E-state index contributed by atoms with van der Waals surface area (Å²) in [4.78, 5) is 11.7. The number of thioether (sulfide) groups is 1. The molecule has 0 saturated carbocycles. The number of anilines is 1. The third-order valence-electron chi connectivity index (χ3n) is 2.41. The monoisotopic (exact) mass is 293 g/mol. The summed E-state index contributed by atoms with van der Waals surface area (Å²) in [5, 5.41) is 11.9. The van der Waals surface area contributed by atoms with Gasteiger partial charge in [0.2, 0.25) is 0 Å². The summed E-state index contributed by atoms with van der Waals surface area (Å²) in [7, 11) is 0. The van der Waals surface area contributed by atoms with E-state index in [-0.39, 0.29) is 18.5 Å².